The highest BCUT2D eigenvalue weighted by Gasteiger charge is 2.15. The van der Waals surface area contributed by atoms with E-state index in [1.54, 1.807) is 0 Å². The van der Waals surface area contributed by atoms with Crippen LogP contribution in [-0.4, -0.2) is 0 Å². The molecule has 0 aromatic rings. The van der Waals surface area contributed by atoms with Gasteiger partial charge in [0.05, 0.1) is 0 Å². The molecule has 0 atom stereocenters. The molecule has 0 rings (SSSR count). The van der Waals surface area contributed by atoms with Crippen molar-refractivity contribution in [2.45, 2.75) is 267 Å². The summed E-state index contributed by atoms with van der Waals surface area (Å²) in [7, 11) is 0. The number of unbranched alkanes of at least 4 members (excludes halogenated alkanes) is 9. The minimum Gasteiger partial charge on any atom is -0.0862 e. The Morgan fingerprint density at radius 2 is 0.766 bits per heavy atom. The van der Waals surface area contributed by atoms with Gasteiger partial charge in [-0.05, 0) is 49.4 Å². The first-order chi connectivity index (χ1) is 21.5. The summed E-state index contributed by atoms with van der Waals surface area (Å²) in [5.74, 6) is 3.59. The van der Waals surface area contributed by atoms with Crippen LogP contribution in [0.4, 0.5) is 0 Å². The molecule has 0 heterocycles. The zero-order valence-electron chi connectivity index (χ0n) is 37.0. The topological polar surface area (TPSA) is 0 Å². The van der Waals surface area contributed by atoms with E-state index in [0.29, 0.717) is 5.41 Å². The molecule has 0 radical (unpaired) electrons. The lowest BCUT2D eigenvalue weighted by Crippen LogP contribution is -2.10. The lowest BCUT2D eigenvalue weighted by molar-refractivity contribution is 0.286. The Kier molecular flexibility index (Phi) is 69.2. The summed E-state index contributed by atoms with van der Waals surface area (Å²) in [6.07, 6.45) is 30.0. The van der Waals surface area contributed by atoms with Gasteiger partial charge in [-0.25, -0.2) is 0 Å². The summed E-state index contributed by atoms with van der Waals surface area (Å²) in [5.41, 5.74) is 2.04. The standard InChI is InChI=1S/C14H30.C8H18.C7H16.C6H14.C6H12.C5H12.CH4/c1-4-5-6-7-8-9-10-11-12-13-14(2)3;1-5-8(4,6-2)7-3;1-4-5-6-7(2)3;2*1-4-5-6(2)3;1-4-5(2)3;/h14H,4-13H2,1-3H3;5-7H2,1-4H3;7H,4-6H2,1-3H3;6H,4-5H2,1-3H3;5H,4H2,1-3H3;5H,4H2,1-3H3;1H4. The molecule has 0 aromatic heterocycles. The van der Waals surface area contributed by atoms with Crippen LogP contribution >= 0.6 is 0 Å². The van der Waals surface area contributed by atoms with Gasteiger partial charge in [-0.15, -0.1) is 0 Å². The van der Waals surface area contributed by atoms with E-state index in [1.165, 1.54) is 134 Å². The molecular formula is C47H106. The van der Waals surface area contributed by atoms with Crippen molar-refractivity contribution in [2.75, 3.05) is 0 Å². The Bertz CT molecular complexity index is 476. The molecule has 0 aliphatic carbocycles. The maximum Gasteiger partial charge on any atom is -0.0334 e. The van der Waals surface area contributed by atoms with E-state index in [0.717, 1.165) is 23.7 Å². The molecule has 0 nitrogen and oxygen atoms in total. The quantitative estimate of drug-likeness (QED) is 0.0893. The molecule has 0 aliphatic heterocycles. The second kappa shape index (κ2) is 52.6. The third-order valence-electron chi connectivity index (χ3n) is 8.88. The minimum atomic E-state index is 0. The molecule has 0 saturated carbocycles. The zero-order chi connectivity index (χ0) is 37.2. The van der Waals surface area contributed by atoms with Crippen LogP contribution in [0.1, 0.15) is 267 Å². The summed E-state index contributed by atoms with van der Waals surface area (Å²) in [6.45, 7) is 42.6. The molecule has 0 unspecified atom stereocenters. The Balaban J connectivity index is -0.0000000850. The van der Waals surface area contributed by atoms with Crippen LogP contribution in [0.15, 0.2) is 11.6 Å². The van der Waals surface area contributed by atoms with Gasteiger partial charge in [0.2, 0.25) is 0 Å². The normalized spacial score (nSPS) is 10.2. The molecule has 0 spiro atoms. The second-order valence-electron chi connectivity index (χ2n) is 16.1. The maximum atomic E-state index is 2.35. The summed E-state index contributed by atoms with van der Waals surface area (Å²) in [4.78, 5) is 0. The fraction of sp³-hybridized carbons (Fsp3) is 0.957. The number of hydrogen-bond acceptors (Lipinski definition) is 0. The van der Waals surface area contributed by atoms with Gasteiger partial charge < -0.3 is 0 Å². The maximum absolute atomic E-state index is 2.35. The average Bonchev–Trinajstić information content (AvgIpc) is 3.00. The first-order valence-corrected chi connectivity index (χ1v) is 21.2. The average molecular weight is 671 g/mol. The highest BCUT2D eigenvalue weighted by molar-refractivity contribution is 4.91. The van der Waals surface area contributed by atoms with Gasteiger partial charge in [-0.1, -0.05) is 259 Å². The molecule has 0 saturated heterocycles. The van der Waals surface area contributed by atoms with Crippen molar-refractivity contribution in [3.63, 3.8) is 0 Å². The van der Waals surface area contributed by atoms with Gasteiger partial charge in [0.25, 0.3) is 0 Å². The van der Waals surface area contributed by atoms with Crippen molar-refractivity contribution in [1.82, 2.24) is 0 Å². The lowest BCUT2D eigenvalue weighted by atomic mass is 9.82. The van der Waals surface area contributed by atoms with E-state index >= 15 is 0 Å². The molecule has 0 aromatic carbocycles. The molecular weight excluding hydrogens is 565 g/mol. The molecule has 0 amide bonds. The Morgan fingerprint density at radius 3 is 0.915 bits per heavy atom. The third-order valence-corrected chi connectivity index (χ3v) is 8.88. The molecule has 0 heteroatoms. The smallest absolute Gasteiger partial charge is 0.0334 e. The second-order valence-corrected chi connectivity index (χ2v) is 16.1. The Labute approximate surface area is 307 Å². The van der Waals surface area contributed by atoms with Crippen LogP contribution in [0.25, 0.3) is 0 Å². The van der Waals surface area contributed by atoms with Crippen LogP contribution < -0.4 is 0 Å². The molecule has 0 fully saturated rings. The van der Waals surface area contributed by atoms with Crippen LogP contribution in [0, 0.1) is 29.1 Å². The molecule has 0 aliphatic rings. The fourth-order valence-electron chi connectivity index (χ4n) is 4.21. The lowest BCUT2D eigenvalue weighted by Gasteiger charge is -2.23. The number of rotatable bonds is 20. The monoisotopic (exact) mass is 671 g/mol. The van der Waals surface area contributed by atoms with Gasteiger partial charge >= 0.3 is 0 Å². The molecule has 0 N–H and O–H groups in total. The van der Waals surface area contributed by atoms with Crippen molar-refractivity contribution >= 4 is 0 Å². The highest BCUT2D eigenvalue weighted by Crippen LogP contribution is 2.28. The Morgan fingerprint density at radius 1 is 0.447 bits per heavy atom. The summed E-state index contributed by atoms with van der Waals surface area (Å²) >= 11 is 0. The van der Waals surface area contributed by atoms with Gasteiger partial charge in [-0.2, -0.15) is 0 Å². The summed E-state index contributed by atoms with van der Waals surface area (Å²) < 4.78 is 0. The van der Waals surface area contributed by atoms with E-state index < -0.39 is 0 Å². The van der Waals surface area contributed by atoms with Crippen molar-refractivity contribution in [1.29, 1.82) is 0 Å². The van der Waals surface area contributed by atoms with E-state index in [4.69, 9.17) is 0 Å². The van der Waals surface area contributed by atoms with Crippen molar-refractivity contribution in [2.24, 2.45) is 29.1 Å². The number of allylic oxidation sites excluding steroid dienone is 2. The van der Waals surface area contributed by atoms with Gasteiger partial charge in [0.15, 0.2) is 0 Å². The van der Waals surface area contributed by atoms with Crippen LogP contribution in [0.3, 0.4) is 0 Å². The predicted molar refractivity (Wildman–Crippen MR) is 231 cm³/mol. The zero-order valence-corrected chi connectivity index (χ0v) is 37.0. The summed E-state index contributed by atoms with van der Waals surface area (Å²) in [6, 6.07) is 0. The van der Waals surface area contributed by atoms with Crippen LogP contribution in [0.2, 0.25) is 0 Å². The van der Waals surface area contributed by atoms with Gasteiger partial charge in [-0.3, -0.25) is 0 Å². The highest BCUT2D eigenvalue weighted by atomic mass is 14.2. The molecule has 0 bridgehead atoms. The van der Waals surface area contributed by atoms with Crippen molar-refractivity contribution < 1.29 is 0 Å². The van der Waals surface area contributed by atoms with Crippen LogP contribution in [0.5, 0.6) is 0 Å². The molecule has 294 valence electrons. The van der Waals surface area contributed by atoms with E-state index in [9.17, 15) is 0 Å². The first kappa shape index (κ1) is 61.9. The summed E-state index contributed by atoms with van der Waals surface area (Å²) in [5, 5.41) is 0. The van der Waals surface area contributed by atoms with Gasteiger partial charge in [0.1, 0.15) is 0 Å². The SMILES string of the molecule is C.CCC(C)(CC)CC.CCC(C)C.CCC=C(C)C.CCCC(C)C.CCCCC(C)C.CCCCCCCCCCCC(C)C. The van der Waals surface area contributed by atoms with Gasteiger partial charge in [0, 0.05) is 0 Å². The van der Waals surface area contributed by atoms with Crippen molar-refractivity contribution in [3.8, 4) is 0 Å². The fourth-order valence-corrected chi connectivity index (χ4v) is 4.21. The largest absolute Gasteiger partial charge is 0.0862 e. The predicted octanol–water partition coefficient (Wildman–Crippen LogP) is 19.1. The molecule has 47 heavy (non-hydrogen) atoms. The van der Waals surface area contributed by atoms with Crippen molar-refractivity contribution in [3.05, 3.63) is 11.6 Å². The first-order valence-electron chi connectivity index (χ1n) is 21.2. The minimum absolute atomic E-state index is 0. The third kappa shape index (κ3) is 86.9. The number of hydrogen-bond donors (Lipinski definition) is 0. The van der Waals surface area contributed by atoms with E-state index in [2.05, 4.69) is 138 Å². The Hall–Kier alpha value is -0.260. The van der Waals surface area contributed by atoms with E-state index in [1.807, 2.05) is 0 Å². The van der Waals surface area contributed by atoms with E-state index in [-0.39, 0.29) is 7.43 Å². The van der Waals surface area contributed by atoms with Crippen LogP contribution in [-0.2, 0) is 0 Å².